The van der Waals surface area contributed by atoms with Crippen LogP contribution in [0.15, 0.2) is 24.3 Å². The minimum absolute atomic E-state index is 0.0145. The minimum Gasteiger partial charge on any atom is -0.466 e. The fourth-order valence-electron chi connectivity index (χ4n) is 3.77. The Labute approximate surface area is 170 Å². The summed E-state index contributed by atoms with van der Waals surface area (Å²) in [6.45, 7) is 13.3. The molecule has 1 aliphatic carbocycles. The lowest BCUT2D eigenvalue weighted by molar-refractivity contribution is -0.235. The largest absolute Gasteiger partial charge is 0.466 e. The van der Waals surface area contributed by atoms with Crippen LogP contribution < -0.4 is 0 Å². The van der Waals surface area contributed by atoms with Gasteiger partial charge in [0.2, 0.25) is 0 Å². The molecule has 1 atom stereocenters. The molecule has 0 fully saturated rings. The number of esters is 1. The molecule has 0 saturated heterocycles. The van der Waals surface area contributed by atoms with Crippen LogP contribution in [-0.2, 0) is 34.8 Å². The molecule has 0 bridgehead atoms. The number of rotatable bonds is 7. The lowest BCUT2D eigenvalue weighted by Gasteiger charge is -2.51. The van der Waals surface area contributed by atoms with Crippen LogP contribution in [0.3, 0.4) is 0 Å². The van der Waals surface area contributed by atoms with Gasteiger partial charge in [-0.15, -0.1) is 0 Å². The van der Waals surface area contributed by atoms with E-state index >= 15 is 0 Å². The molecule has 6 heteroatoms. The summed E-state index contributed by atoms with van der Waals surface area (Å²) in [5, 5.41) is 0.0145. The van der Waals surface area contributed by atoms with Crippen molar-refractivity contribution in [2.24, 2.45) is 0 Å². The molecule has 0 spiro atoms. The Balaban J connectivity index is 2.63. The smallest absolute Gasteiger partial charge is 0.309 e. The van der Waals surface area contributed by atoms with Crippen LogP contribution in [0.5, 0.6) is 0 Å². The van der Waals surface area contributed by atoms with Crippen molar-refractivity contribution in [2.45, 2.75) is 76.5 Å². The van der Waals surface area contributed by atoms with Crippen LogP contribution in [0, 0.1) is 0 Å². The first kappa shape index (κ1) is 23.1. The molecule has 0 amide bonds. The highest BCUT2D eigenvalue weighted by Gasteiger charge is 2.53. The van der Waals surface area contributed by atoms with Crippen LogP contribution in [0.4, 0.5) is 0 Å². The van der Waals surface area contributed by atoms with Gasteiger partial charge >= 0.3 is 5.97 Å². The first-order valence-corrected chi connectivity index (χ1v) is 12.9. The Kier molecular flexibility index (Phi) is 6.81. The first-order valence-electron chi connectivity index (χ1n) is 10.0. The summed E-state index contributed by atoms with van der Waals surface area (Å²) in [4.78, 5) is 12.6. The van der Waals surface area contributed by atoms with Crippen molar-refractivity contribution in [3.8, 4) is 0 Å². The number of fused-ring (bicyclic) bond motifs is 1. The number of carbonyl (C=O) groups is 1. The summed E-state index contributed by atoms with van der Waals surface area (Å²) in [5.41, 5.74) is 1.14. The van der Waals surface area contributed by atoms with Crippen LogP contribution in [0.25, 0.3) is 0 Å². The average molecular weight is 409 g/mol. The predicted octanol–water partition coefficient (Wildman–Crippen LogP) is 5.10. The summed E-state index contributed by atoms with van der Waals surface area (Å²) < 4.78 is 23.9. The van der Waals surface area contributed by atoms with Crippen molar-refractivity contribution in [1.82, 2.24) is 0 Å². The van der Waals surface area contributed by atoms with E-state index in [0.717, 1.165) is 11.1 Å². The molecule has 5 nitrogen and oxygen atoms in total. The number of carbonyl (C=O) groups excluding carboxylic acids is 1. The molecule has 2 rings (SSSR count). The fraction of sp³-hybridized carbons (Fsp3) is 0.682. The minimum atomic E-state index is -2.18. The predicted molar refractivity (Wildman–Crippen MR) is 113 cm³/mol. The third kappa shape index (κ3) is 4.20. The van der Waals surface area contributed by atoms with Gasteiger partial charge in [0.25, 0.3) is 0 Å². The molecule has 0 aliphatic heterocycles. The summed E-state index contributed by atoms with van der Waals surface area (Å²) in [5.74, 6) is -1.07. The van der Waals surface area contributed by atoms with Crippen molar-refractivity contribution < 1.29 is 23.4 Å². The van der Waals surface area contributed by atoms with Crippen LogP contribution in [0.2, 0.25) is 18.1 Å². The number of hydrogen-bond acceptors (Lipinski definition) is 5. The quantitative estimate of drug-likeness (QED) is 0.357. The molecular formula is C22H36O5Si. The van der Waals surface area contributed by atoms with Crippen LogP contribution in [-0.4, -0.2) is 35.1 Å². The molecule has 0 N–H and O–H groups in total. The van der Waals surface area contributed by atoms with Crippen molar-refractivity contribution in [3.05, 3.63) is 35.4 Å². The molecule has 0 heterocycles. The van der Waals surface area contributed by atoms with E-state index in [0.29, 0.717) is 19.4 Å². The van der Waals surface area contributed by atoms with E-state index in [-0.39, 0.29) is 17.4 Å². The van der Waals surface area contributed by atoms with Gasteiger partial charge in [-0.3, -0.25) is 4.79 Å². The fourth-order valence-corrected chi connectivity index (χ4v) is 5.34. The van der Waals surface area contributed by atoms with E-state index in [2.05, 4.69) is 33.9 Å². The molecule has 1 aromatic carbocycles. The van der Waals surface area contributed by atoms with Crippen molar-refractivity contribution >= 4 is 14.3 Å². The molecule has 28 heavy (non-hydrogen) atoms. The molecular weight excluding hydrogens is 372 g/mol. The molecule has 1 aliphatic rings. The number of ether oxygens (including phenoxy) is 3. The third-order valence-electron chi connectivity index (χ3n) is 6.34. The van der Waals surface area contributed by atoms with Crippen molar-refractivity contribution in [1.29, 1.82) is 0 Å². The Morgan fingerprint density at radius 2 is 1.64 bits per heavy atom. The summed E-state index contributed by atoms with van der Waals surface area (Å²) in [6, 6.07) is 8.00. The normalized spacial score (nSPS) is 21.9. The highest BCUT2D eigenvalue weighted by atomic mass is 28.4. The SMILES string of the molecule is CCOC(=O)CC1(O[Si](C)(C)C(C)(C)C)CCC(OC)(OC)c2ccccc21. The number of benzene rings is 1. The standard InChI is InChI=1S/C22H36O5Si/c1-9-26-19(23)16-21(27-28(7,8)20(2,3)4)14-15-22(24-5,25-6)18-13-11-10-12-17(18)21/h10-13H,9,14-16H2,1-8H3. The second-order valence-electron chi connectivity index (χ2n) is 9.05. The molecule has 1 aromatic rings. The van der Waals surface area contributed by atoms with Gasteiger partial charge in [0.15, 0.2) is 14.1 Å². The van der Waals surface area contributed by atoms with E-state index < -0.39 is 19.7 Å². The van der Waals surface area contributed by atoms with Gasteiger partial charge in [-0.2, -0.15) is 0 Å². The van der Waals surface area contributed by atoms with Crippen molar-refractivity contribution in [2.75, 3.05) is 20.8 Å². The molecule has 1 unspecified atom stereocenters. The zero-order valence-corrected chi connectivity index (χ0v) is 19.7. The zero-order valence-electron chi connectivity index (χ0n) is 18.7. The second-order valence-corrected chi connectivity index (χ2v) is 13.8. The summed E-state index contributed by atoms with van der Waals surface area (Å²) >= 11 is 0. The van der Waals surface area contributed by atoms with E-state index in [9.17, 15) is 4.79 Å². The Hall–Kier alpha value is -1.21. The maximum atomic E-state index is 12.6. The van der Waals surface area contributed by atoms with E-state index in [4.69, 9.17) is 18.6 Å². The average Bonchev–Trinajstić information content (AvgIpc) is 2.62. The monoisotopic (exact) mass is 408 g/mol. The van der Waals surface area contributed by atoms with Gasteiger partial charge in [0.05, 0.1) is 18.6 Å². The maximum absolute atomic E-state index is 12.6. The molecule has 158 valence electrons. The van der Waals surface area contributed by atoms with Crippen LogP contribution in [0.1, 0.15) is 58.1 Å². The maximum Gasteiger partial charge on any atom is 0.309 e. The Morgan fingerprint density at radius 3 is 2.14 bits per heavy atom. The lowest BCUT2D eigenvalue weighted by atomic mass is 9.74. The van der Waals surface area contributed by atoms with E-state index in [1.807, 2.05) is 31.2 Å². The highest BCUT2D eigenvalue weighted by molar-refractivity contribution is 6.74. The molecule has 0 aromatic heterocycles. The van der Waals surface area contributed by atoms with Crippen molar-refractivity contribution in [3.63, 3.8) is 0 Å². The summed E-state index contributed by atoms with van der Waals surface area (Å²) in [7, 11) is 1.14. The van der Waals surface area contributed by atoms with Crippen LogP contribution >= 0.6 is 0 Å². The van der Waals surface area contributed by atoms with Gasteiger partial charge in [0, 0.05) is 26.2 Å². The molecule has 0 radical (unpaired) electrons. The topological polar surface area (TPSA) is 54.0 Å². The lowest BCUT2D eigenvalue weighted by Crippen LogP contribution is -2.53. The van der Waals surface area contributed by atoms with Gasteiger partial charge in [0.1, 0.15) is 0 Å². The van der Waals surface area contributed by atoms with Gasteiger partial charge < -0.3 is 18.6 Å². The van der Waals surface area contributed by atoms with E-state index in [1.165, 1.54) is 0 Å². The van der Waals surface area contributed by atoms with Gasteiger partial charge in [-0.1, -0.05) is 45.0 Å². The van der Waals surface area contributed by atoms with E-state index in [1.54, 1.807) is 14.2 Å². The summed E-state index contributed by atoms with van der Waals surface area (Å²) in [6.07, 6.45) is 1.41. The first-order chi connectivity index (χ1) is 13.0. The van der Waals surface area contributed by atoms with Gasteiger partial charge in [-0.05, 0) is 37.0 Å². The Morgan fingerprint density at radius 1 is 1.07 bits per heavy atom. The number of hydrogen-bond donors (Lipinski definition) is 0. The molecule has 0 saturated carbocycles. The van der Waals surface area contributed by atoms with Gasteiger partial charge in [-0.25, -0.2) is 0 Å². The highest BCUT2D eigenvalue weighted by Crippen LogP contribution is 2.52. The third-order valence-corrected chi connectivity index (χ3v) is 10.9. The zero-order chi connectivity index (χ0) is 21.2. The number of methoxy groups -OCH3 is 2. The Bertz CT molecular complexity index is 690. The second kappa shape index (κ2) is 8.26.